The molecular formula is C14H16N2O5. The van der Waals surface area contributed by atoms with Gasteiger partial charge in [-0.1, -0.05) is 6.07 Å². The molecule has 0 saturated carbocycles. The summed E-state index contributed by atoms with van der Waals surface area (Å²) in [5.41, 5.74) is 0.875. The molecule has 7 nitrogen and oxygen atoms in total. The third-order valence-electron chi connectivity index (χ3n) is 3.80. The summed E-state index contributed by atoms with van der Waals surface area (Å²) in [6.45, 7) is 2.51. The van der Waals surface area contributed by atoms with Gasteiger partial charge in [-0.15, -0.1) is 0 Å². The molecule has 2 aliphatic rings. The van der Waals surface area contributed by atoms with E-state index in [0.29, 0.717) is 24.5 Å². The summed E-state index contributed by atoms with van der Waals surface area (Å²) in [4.78, 5) is 24.3. The highest BCUT2D eigenvalue weighted by Crippen LogP contribution is 2.34. The molecule has 0 unspecified atom stereocenters. The molecule has 2 atom stereocenters. The number of carboxylic acid groups (broad SMARTS) is 1. The van der Waals surface area contributed by atoms with E-state index in [0.717, 1.165) is 5.56 Å². The monoisotopic (exact) mass is 292 g/mol. The number of ether oxygens (including phenoxy) is 2. The van der Waals surface area contributed by atoms with Crippen molar-refractivity contribution in [3.8, 4) is 11.5 Å². The Morgan fingerprint density at radius 1 is 1.38 bits per heavy atom. The van der Waals surface area contributed by atoms with Crippen LogP contribution >= 0.6 is 0 Å². The zero-order chi connectivity index (χ0) is 15.0. The van der Waals surface area contributed by atoms with Crippen LogP contribution < -0.4 is 14.8 Å². The van der Waals surface area contributed by atoms with E-state index >= 15 is 0 Å². The molecule has 2 N–H and O–H groups in total. The Morgan fingerprint density at radius 3 is 2.81 bits per heavy atom. The number of fused-ring (bicyclic) bond motifs is 1. The molecule has 3 rings (SSSR count). The minimum absolute atomic E-state index is 0.202. The van der Waals surface area contributed by atoms with E-state index in [1.54, 1.807) is 6.07 Å². The van der Waals surface area contributed by atoms with Crippen LogP contribution in [0.4, 0.5) is 4.79 Å². The number of urea groups is 1. The van der Waals surface area contributed by atoms with Crippen LogP contribution in [0.1, 0.15) is 24.9 Å². The maximum absolute atomic E-state index is 12.1. The second-order valence-corrected chi connectivity index (χ2v) is 5.12. The zero-order valence-corrected chi connectivity index (χ0v) is 11.5. The molecule has 0 radical (unpaired) electrons. The van der Waals surface area contributed by atoms with Crippen molar-refractivity contribution in [1.82, 2.24) is 10.2 Å². The molecule has 1 fully saturated rings. The number of hydrogen-bond acceptors (Lipinski definition) is 4. The predicted molar refractivity (Wildman–Crippen MR) is 72.3 cm³/mol. The second kappa shape index (κ2) is 5.16. The third kappa shape index (κ3) is 2.46. The van der Waals surface area contributed by atoms with E-state index < -0.39 is 12.0 Å². The lowest BCUT2D eigenvalue weighted by Gasteiger charge is -2.38. The minimum atomic E-state index is -0.966. The van der Waals surface area contributed by atoms with Gasteiger partial charge >= 0.3 is 12.0 Å². The number of carbonyl (C=O) groups is 2. The average Bonchev–Trinajstić information content (AvgIpc) is 2.83. The Labute approximate surface area is 121 Å². The number of nitrogens with zero attached hydrogens (tertiary/aromatic N) is 1. The fourth-order valence-corrected chi connectivity index (χ4v) is 2.42. The van der Waals surface area contributed by atoms with E-state index in [4.69, 9.17) is 14.6 Å². The van der Waals surface area contributed by atoms with Gasteiger partial charge in [0.25, 0.3) is 0 Å². The largest absolute Gasteiger partial charge is 0.480 e. The number of hydrogen-bond donors (Lipinski definition) is 2. The molecular weight excluding hydrogens is 276 g/mol. The molecule has 2 amide bonds. The van der Waals surface area contributed by atoms with E-state index in [2.05, 4.69) is 5.32 Å². The fraction of sp³-hybridized carbons (Fsp3) is 0.429. The molecule has 21 heavy (non-hydrogen) atoms. The normalized spacial score (nSPS) is 20.6. The van der Waals surface area contributed by atoms with Crippen molar-refractivity contribution < 1.29 is 24.2 Å². The van der Waals surface area contributed by atoms with Gasteiger partial charge in [-0.05, 0) is 31.0 Å². The molecule has 1 aromatic rings. The molecule has 0 aliphatic carbocycles. The second-order valence-electron chi connectivity index (χ2n) is 5.12. The number of rotatable bonds is 3. The maximum Gasteiger partial charge on any atom is 0.326 e. The van der Waals surface area contributed by atoms with Crippen molar-refractivity contribution in [1.29, 1.82) is 0 Å². The molecule has 0 spiro atoms. The van der Waals surface area contributed by atoms with Crippen LogP contribution in [-0.2, 0) is 4.79 Å². The van der Waals surface area contributed by atoms with Crippen LogP contribution in [0.2, 0.25) is 0 Å². The van der Waals surface area contributed by atoms with Gasteiger partial charge in [0.2, 0.25) is 6.79 Å². The number of aliphatic carboxylic acids is 1. The van der Waals surface area contributed by atoms with Crippen molar-refractivity contribution in [2.45, 2.75) is 25.4 Å². The van der Waals surface area contributed by atoms with Crippen molar-refractivity contribution in [3.63, 3.8) is 0 Å². The number of amides is 2. The van der Waals surface area contributed by atoms with Crippen molar-refractivity contribution in [2.75, 3.05) is 13.3 Å². The molecule has 112 valence electrons. The highest BCUT2D eigenvalue weighted by molar-refractivity contribution is 5.84. The first-order valence-corrected chi connectivity index (χ1v) is 6.76. The Bertz CT molecular complexity index is 589. The standard InChI is InChI=1S/C14H16N2O5/c1-8(9-2-3-11-12(6-9)21-7-20-11)15-14(19)16-5-4-10(16)13(17)18/h2-3,6,8,10H,4-5,7H2,1H3,(H,15,19)(H,17,18)/t8-,10+/m1/s1. The average molecular weight is 292 g/mol. The topological polar surface area (TPSA) is 88.1 Å². The van der Waals surface area contributed by atoms with Gasteiger partial charge in [-0.2, -0.15) is 0 Å². The zero-order valence-electron chi connectivity index (χ0n) is 11.5. The highest BCUT2D eigenvalue weighted by Gasteiger charge is 2.38. The lowest BCUT2D eigenvalue weighted by Crippen LogP contribution is -2.58. The summed E-state index contributed by atoms with van der Waals surface area (Å²) in [6, 6.07) is 4.14. The quantitative estimate of drug-likeness (QED) is 0.878. The number of benzene rings is 1. The van der Waals surface area contributed by atoms with Gasteiger partial charge in [0.15, 0.2) is 11.5 Å². The number of likely N-dealkylation sites (tertiary alicyclic amines) is 1. The van der Waals surface area contributed by atoms with Crippen LogP contribution in [0, 0.1) is 0 Å². The molecule has 1 aromatic carbocycles. The minimum Gasteiger partial charge on any atom is -0.480 e. The summed E-state index contributed by atoms with van der Waals surface area (Å²) in [5.74, 6) is 0.374. The summed E-state index contributed by atoms with van der Waals surface area (Å²) < 4.78 is 10.5. The van der Waals surface area contributed by atoms with Crippen LogP contribution in [0.5, 0.6) is 11.5 Å². The lowest BCUT2D eigenvalue weighted by molar-refractivity contribution is -0.145. The Kier molecular flexibility index (Phi) is 3.32. The Hall–Kier alpha value is -2.44. The first-order valence-electron chi connectivity index (χ1n) is 6.76. The lowest BCUT2D eigenvalue weighted by atomic mass is 10.0. The number of carbonyl (C=O) groups excluding carboxylic acids is 1. The van der Waals surface area contributed by atoms with Crippen LogP contribution in [0.15, 0.2) is 18.2 Å². The number of carboxylic acids is 1. The fourth-order valence-electron chi connectivity index (χ4n) is 2.42. The summed E-state index contributed by atoms with van der Waals surface area (Å²) in [5, 5.41) is 11.8. The summed E-state index contributed by atoms with van der Waals surface area (Å²) >= 11 is 0. The van der Waals surface area contributed by atoms with E-state index in [-0.39, 0.29) is 18.9 Å². The van der Waals surface area contributed by atoms with Gasteiger partial charge < -0.3 is 24.8 Å². The first-order chi connectivity index (χ1) is 10.1. The van der Waals surface area contributed by atoms with Gasteiger partial charge in [0.1, 0.15) is 6.04 Å². The van der Waals surface area contributed by atoms with Gasteiger partial charge in [0, 0.05) is 6.54 Å². The summed E-state index contributed by atoms with van der Waals surface area (Å²) in [7, 11) is 0. The Morgan fingerprint density at radius 2 is 2.14 bits per heavy atom. The molecule has 2 aliphatic heterocycles. The highest BCUT2D eigenvalue weighted by atomic mass is 16.7. The third-order valence-corrected chi connectivity index (χ3v) is 3.80. The van der Waals surface area contributed by atoms with E-state index in [1.807, 2.05) is 19.1 Å². The molecule has 0 aromatic heterocycles. The van der Waals surface area contributed by atoms with Gasteiger partial charge in [-0.25, -0.2) is 9.59 Å². The van der Waals surface area contributed by atoms with Crippen LogP contribution in [-0.4, -0.2) is 41.4 Å². The summed E-state index contributed by atoms with van der Waals surface area (Å²) in [6.07, 6.45) is 0.501. The van der Waals surface area contributed by atoms with Gasteiger partial charge in [-0.3, -0.25) is 0 Å². The van der Waals surface area contributed by atoms with E-state index in [1.165, 1.54) is 4.90 Å². The van der Waals surface area contributed by atoms with Gasteiger partial charge in [0.05, 0.1) is 6.04 Å². The number of nitrogens with one attached hydrogen (secondary N) is 1. The van der Waals surface area contributed by atoms with Crippen LogP contribution in [0.25, 0.3) is 0 Å². The molecule has 1 saturated heterocycles. The van der Waals surface area contributed by atoms with E-state index in [9.17, 15) is 9.59 Å². The molecule has 2 heterocycles. The first kappa shape index (κ1) is 13.5. The smallest absolute Gasteiger partial charge is 0.326 e. The van der Waals surface area contributed by atoms with Crippen molar-refractivity contribution in [3.05, 3.63) is 23.8 Å². The molecule has 7 heteroatoms. The maximum atomic E-state index is 12.1. The Balaban J connectivity index is 1.65. The predicted octanol–water partition coefficient (Wildman–Crippen LogP) is 1.34. The van der Waals surface area contributed by atoms with Crippen LogP contribution in [0.3, 0.4) is 0 Å². The van der Waals surface area contributed by atoms with Crippen molar-refractivity contribution in [2.24, 2.45) is 0 Å². The SMILES string of the molecule is C[C@@H](NC(=O)N1CC[C@H]1C(=O)O)c1ccc2c(c1)OCO2. The van der Waals surface area contributed by atoms with Crippen molar-refractivity contribution >= 4 is 12.0 Å². The molecule has 0 bridgehead atoms.